The molecule has 1 atom stereocenters. The first-order valence-corrected chi connectivity index (χ1v) is 10.6. The van der Waals surface area contributed by atoms with Crippen LogP contribution in [-0.4, -0.2) is 28.7 Å². The lowest BCUT2D eigenvalue weighted by Gasteiger charge is -2.13. The molecule has 166 valence electrons. The van der Waals surface area contributed by atoms with Crippen molar-refractivity contribution in [3.8, 4) is 22.9 Å². The Morgan fingerprint density at radius 2 is 2.06 bits per heavy atom. The highest BCUT2D eigenvalue weighted by molar-refractivity contribution is 8.14. The monoisotopic (exact) mass is 463 g/mol. The van der Waals surface area contributed by atoms with E-state index < -0.39 is 17.3 Å². The molecule has 1 aromatic heterocycles. The van der Waals surface area contributed by atoms with Crippen molar-refractivity contribution < 1.29 is 18.7 Å². The molecule has 1 aliphatic rings. The Hall–Kier alpha value is -3.94. The Kier molecular flexibility index (Phi) is 6.83. The SMILES string of the molecule is COc1ccc(F)cc1-c1cnccc1C(=O)NC1=NNC(OCc2ccc(C#N)cc2)S1. The average Bonchev–Trinajstić information content (AvgIpc) is 3.30. The van der Waals surface area contributed by atoms with Crippen molar-refractivity contribution >= 4 is 22.8 Å². The Morgan fingerprint density at radius 1 is 1.24 bits per heavy atom. The number of pyridine rings is 1. The number of methoxy groups -OCH3 is 1. The third kappa shape index (κ3) is 5.28. The predicted molar refractivity (Wildman–Crippen MR) is 122 cm³/mol. The predicted octanol–water partition coefficient (Wildman–Crippen LogP) is 3.61. The standard InChI is InChI=1S/C23H18FN5O3S/c1-31-20-7-6-16(24)10-18(20)19-12-26-9-8-17(19)21(30)27-22-28-29-23(33-22)32-13-15-4-2-14(11-25)3-5-15/h2-10,12,23,29H,13H2,1H3,(H,27,28,30). The van der Waals surface area contributed by atoms with Gasteiger partial charge in [-0.05, 0) is 53.7 Å². The molecule has 3 aromatic rings. The molecule has 8 nitrogen and oxygen atoms in total. The van der Waals surface area contributed by atoms with Crippen LogP contribution >= 0.6 is 11.8 Å². The summed E-state index contributed by atoms with van der Waals surface area (Å²) < 4.78 is 24.9. The maximum Gasteiger partial charge on any atom is 0.258 e. The number of thioether (sulfide) groups is 1. The third-order valence-corrected chi connectivity index (χ3v) is 5.58. The number of nitrogens with zero attached hydrogens (tertiary/aromatic N) is 3. The Balaban J connectivity index is 1.40. The zero-order chi connectivity index (χ0) is 23.2. The van der Waals surface area contributed by atoms with Gasteiger partial charge in [-0.3, -0.25) is 20.5 Å². The number of nitrogens with one attached hydrogen (secondary N) is 2. The van der Waals surface area contributed by atoms with Crippen molar-refractivity contribution in [3.05, 3.63) is 83.4 Å². The lowest BCUT2D eigenvalue weighted by molar-refractivity contribution is 0.0814. The Morgan fingerprint density at radius 3 is 2.82 bits per heavy atom. The molecule has 0 fully saturated rings. The molecule has 2 heterocycles. The summed E-state index contributed by atoms with van der Waals surface area (Å²) in [6.07, 6.45) is 2.97. The number of nitriles is 1. The van der Waals surface area contributed by atoms with Gasteiger partial charge in [0.2, 0.25) is 0 Å². The molecule has 0 saturated heterocycles. The minimum absolute atomic E-state index is 0.291. The van der Waals surface area contributed by atoms with E-state index >= 15 is 0 Å². The molecule has 0 aliphatic carbocycles. The van der Waals surface area contributed by atoms with Crippen LogP contribution in [0.2, 0.25) is 0 Å². The maximum atomic E-state index is 13.9. The van der Waals surface area contributed by atoms with E-state index in [0.717, 1.165) is 5.56 Å². The smallest absolute Gasteiger partial charge is 0.258 e. The Labute approximate surface area is 193 Å². The van der Waals surface area contributed by atoms with Crippen LogP contribution in [0, 0.1) is 17.1 Å². The van der Waals surface area contributed by atoms with Crippen molar-refractivity contribution in [1.82, 2.24) is 15.7 Å². The molecule has 2 aromatic carbocycles. The summed E-state index contributed by atoms with van der Waals surface area (Å²) in [6.45, 7) is 0.307. The van der Waals surface area contributed by atoms with Gasteiger partial charge in [-0.15, -0.1) is 0 Å². The molecule has 2 N–H and O–H groups in total. The number of carbonyl (C=O) groups is 1. The number of benzene rings is 2. The molecule has 33 heavy (non-hydrogen) atoms. The first kappa shape index (κ1) is 22.3. The normalized spacial score (nSPS) is 14.7. The summed E-state index contributed by atoms with van der Waals surface area (Å²) in [5.41, 5.74) is 4.93. The van der Waals surface area contributed by atoms with E-state index in [4.69, 9.17) is 14.7 Å². The molecule has 1 amide bonds. The lowest BCUT2D eigenvalue weighted by Crippen LogP contribution is -2.28. The van der Waals surface area contributed by atoms with Gasteiger partial charge in [0.1, 0.15) is 11.6 Å². The molecule has 0 bridgehead atoms. The van der Waals surface area contributed by atoms with Crippen molar-refractivity contribution in [2.45, 2.75) is 12.2 Å². The van der Waals surface area contributed by atoms with Gasteiger partial charge in [-0.2, -0.15) is 10.4 Å². The maximum absolute atomic E-state index is 13.9. The summed E-state index contributed by atoms with van der Waals surface area (Å²) in [4.78, 5) is 17.0. The van der Waals surface area contributed by atoms with Gasteiger partial charge in [0.05, 0.1) is 30.9 Å². The van der Waals surface area contributed by atoms with Crippen LogP contribution in [0.3, 0.4) is 0 Å². The second kappa shape index (κ2) is 10.1. The van der Waals surface area contributed by atoms with Crippen LogP contribution in [0.25, 0.3) is 11.1 Å². The summed E-state index contributed by atoms with van der Waals surface area (Å²) in [5.74, 6) is -0.466. The van der Waals surface area contributed by atoms with E-state index in [0.29, 0.717) is 39.8 Å². The summed E-state index contributed by atoms with van der Waals surface area (Å²) in [7, 11) is 1.47. The molecule has 1 unspecified atom stereocenters. The molecule has 0 saturated carbocycles. The first-order chi connectivity index (χ1) is 16.1. The Bertz CT molecular complexity index is 1240. The largest absolute Gasteiger partial charge is 0.496 e. The molecule has 1 aliphatic heterocycles. The fraction of sp³-hybridized carbons (Fsp3) is 0.130. The van der Waals surface area contributed by atoms with Crippen LogP contribution in [0.5, 0.6) is 5.75 Å². The van der Waals surface area contributed by atoms with Crippen molar-refractivity contribution in [2.75, 3.05) is 7.11 Å². The van der Waals surface area contributed by atoms with E-state index in [9.17, 15) is 9.18 Å². The molecular weight excluding hydrogens is 445 g/mol. The summed E-state index contributed by atoms with van der Waals surface area (Å²) >= 11 is 1.20. The van der Waals surface area contributed by atoms with Crippen molar-refractivity contribution in [2.24, 2.45) is 5.10 Å². The van der Waals surface area contributed by atoms with E-state index in [1.807, 2.05) is 12.1 Å². The number of halogens is 1. The van der Waals surface area contributed by atoms with Gasteiger partial charge in [0.25, 0.3) is 5.91 Å². The quantitative estimate of drug-likeness (QED) is 0.575. The van der Waals surface area contributed by atoms with Gasteiger partial charge in [0, 0.05) is 23.5 Å². The highest BCUT2D eigenvalue weighted by Crippen LogP contribution is 2.32. The van der Waals surface area contributed by atoms with Gasteiger partial charge >= 0.3 is 0 Å². The zero-order valence-electron chi connectivity index (χ0n) is 17.4. The minimum Gasteiger partial charge on any atom is -0.496 e. The fourth-order valence-electron chi connectivity index (χ4n) is 3.10. The number of aromatic nitrogens is 1. The number of carbonyl (C=O) groups excluding carboxylic acids is 1. The highest BCUT2D eigenvalue weighted by Gasteiger charge is 2.24. The van der Waals surface area contributed by atoms with Crippen LogP contribution in [0.4, 0.5) is 4.39 Å². The number of ether oxygens (including phenoxy) is 2. The van der Waals surface area contributed by atoms with Crippen LogP contribution in [-0.2, 0) is 11.3 Å². The molecular formula is C23H18FN5O3S. The lowest BCUT2D eigenvalue weighted by atomic mass is 10.0. The first-order valence-electron chi connectivity index (χ1n) is 9.77. The minimum atomic E-state index is -0.490. The van der Waals surface area contributed by atoms with Crippen LogP contribution in [0.15, 0.2) is 66.0 Å². The molecule has 4 rings (SSSR count). The zero-order valence-corrected chi connectivity index (χ0v) is 18.2. The summed E-state index contributed by atoms with van der Waals surface area (Å²) in [5, 5.41) is 16.0. The second-order valence-corrected chi connectivity index (χ2v) is 7.89. The number of amides is 1. The number of rotatable bonds is 6. The molecule has 0 spiro atoms. The number of amidine groups is 1. The van der Waals surface area contributed by atoms with E-state index in [-0.39, 0.29) is 0 Å². The average molecular weight is 463 g/mol. The second-order valence-electron chi connectivity index (χ2n) is 6.84. The number of hydrogen-bond donors (Lipinski definition) is 2. The van der Waals surface area contributed by atoms with Crippen molar-refractivity contribution in [1.29, 1.82) is 5.26 Å². The highest BCUT2D eigenvalue weighted by atomic mass is 32.2. The summed E-state index contributed by atoms with van der Waals surface area (Å²) in [6, 6.07) is 14.7. The molecule has 0 radical (unpaired) electrons. The van der Waals surface area contributed by atoms with Crippen LogP contribution < -0.4 is 15.5 Å². The fourth-order valence-corrected chi connectivity index (χ4v) is 3.81. The van der Waals surface area contributed by atoms with E-state index in [1.165, 1.54) is 49.5 Å². The van der Waals surface area contributed by atoms with Gasteiger partial charge < -0.3 is 9.47 Å². The number of hydrogen-bond acceptors (Lipinski definition) is 8. The van der Waals surface area contributed by atoms with Gasteiger partial charge in [-0.25, -0.2) is 4.39 Å². The van der Waals surface area contributed by atoms with Gasteiger partial charge in [-0.1, -0.05) is 12.1 Å². The number of hydrazone groups is 1. The molecule has 10 heteroatoms. The van der Waals surface area contributed by atoms with Crippen LogP contribution in [0.1, 0.15) is 21.5 Å². The topological polar surface area (TPSA) is 109 Å². The van der Waals surface area contributed by atoms with Gasteiger partial charge in [0.15, 0.2) is 10.7 Å². The van der Waals surface area contributed by atoms with Crippen molar-refractivity contribution in [3.63, 3.8) is 0 Å². The van der Waals surface area contributed by atoms with E-state index in [2.05, 4.69) is 26.9 Å². The van der Waals surface area contributed by atoms with E-state index in [1.54, 1.807) is 18.2 Å². The third-order valence-electron chi connectivity index (χ3n) is 4.71.